The Labute approximate surface area is 125 Å². The molecule has 3 rings (SSSR count). The fourth-order valence-electron chi connectivity index (χ4n) is 2.53. The molecule has 1 atom stereocenters. The van der Waals surface area contributed by atoms with Crippen molar-refractivity contribution in [1.82, 2.24) is 0 Å². The van der Waals surface area contributed by atoms with E-state index >= 15 is 0 Å². The van der Waals surface area contributed by atoms with E-state index in [-0.39, 0.29) is 6.04 Å². The summed E-state index contributed by atoms with van der Waals surface area (Å²) < 4.78 is 5.26. The molecule has 0 amide bonds. The van der Waals surface area contributed by atoms with Crippen molar-refractivity contribution in [3.05, 3.63) is 77.4 Å². The second-order valence-electron chi connectivity index (χ2n) is 5.36. The number of aryl methyl sites for hydroxylation is 1. The summed E-state index contributed by atoms with van der Waals surface area (Å²) in [5.74, 6) is 0.873. The molecule has 106 valence electrons. The molecule has 0 aromatic heterocycles. The fourth-order valence-corrected chi connectivity index (χ4v) is 2.53. The SMILES string of the molecule is COc1ccc2cc(C(N)c3ccc(C)cc3)ccc2c1. The van der Waals surface area contributed by atoms with Crippen molar-refractivity contribution >= 4 is 10.8 Å². The maximum absolute atomic E-state index is 6.39. The third-order valence-corrected chi connectivity index (χ3v) is 3.87. The van der Waals surface area contributed by atoms with Gasteiger partial charge >= 0.3 is 0 Å². The van der Waals surface area contributed by atoms with E-state index in [1.807, 2.05) is 12.1 Å². The summed E-state index contributed by atoms with van der Waals surface area (Å²) in [5, 5.41) is 2.34. The summed E-state index contributed by atoms with van der Waals surface area (Å²) in [6, 6.07) is 20.7. The molecule has 3 aromatic rings. The second-order valence-corrected chi connectivity index (χ2v) is 5.36. The summed E-state index contributed by atoms with van der Waals surface area (Å²) in [6.07, 6.45) is 0. The number of ether oxygens (including phenoxy) is 1. The van der Waals surface area contributed by atoms with E-state index in [2.05, 4.69) is 55.5 Å². The molecule has 0 saturated heterocycles. The second kappa shape index (κ2) is 5.58. The van der Waals surface area contributed by atoms with Crippen LogP contribution in [0.1, 0.15) is 22.7 Å². The zero-order valence-corrected chi connectivity index (χ0v) is 12.3. The van der Waals surface area contributed by atoms with Crippen LogP contribution in [0.15, 0.2) is 60.7 Å². The average molecular weight is 277 g/mol. The maximum Gasteiger partial charge on any atom is 0.119 e. The quantitative estimate of drug-likeness (QED) is 0.778. The Balaban J connectivity index is 1.98. The molecule has 1 unspecified atom stereocenters. The molecule has 0 aliphatic rings. The number of rotatable bonds is 3. The predicted octanol–water partition coefficient (Wildman–Crippen LogP) is 4.20. The molecule has 2 nitrogen and oxygen atoms in total. The number of benzene rings is 3. The van der Waals surface area contributed by atoms with Crippen molar-refractivity contribution in [1.29, 1.82) is 0 Å². The van der Waals surface area contributed by atoms with E-state index in [4.69, 9.17) is 10.5 Å². The highest BCUT2D eigenvalue weighted by Crippen LogP contribution is 2.26. The first-order valence-corrected chi connectivity index (χ1v) is 7.07. The predicted molar refractivity (Wildman–Crippen MR) is 87.7 cm³/mol. The molecule has 21 heavy (non-hydrogen) atoms. The standard InChI is InChI=1S/C19H19NO/c1-13-3-5-14(6-4-13)19(20)17-8-7-16-12-18(21-2)10-9-15(16)11-17/h3-12,19H,20H2,1-2H3. The van der Waals surface area contributed by atoms with Gasteiger partial charge in [-0.1, -0.05) is 48.0 Å². The van der Waals surface area contributed by atoms with Gasteiger partial charge in [0.25, 0.3) is 0 Å². The summed E-state index contributed by atoms with van der Waals surface area (Å²) in [4.78, 5) is 0. The Hall–Kier alpha value is -2.32. The Morgan fingerprint density at radius 1 is 0.810 bits per heavy atom. The van der Waals surface area contributed by atoms with Gasteiger partial charge in [0, 0.05) is 0 Å². The van der Waals surface area contributed by atoms with Gasteiger partial charge in [-0.2, -0.15) is 0 Å². The highest BCUT2D eigenvalue weighted by atomic mass is 16.5. The van der Waals surface area contributed by atoms with Gasteiger partial charge in [-0.05, 0) is 47.0 Å². The number of nitrogens with two attached hydrogens (primary N) is 1. The van der Waals surface area contributed by atoms with E-state index in [0.717, 1.165) is 22.3 Å². The first-order valence-electron chi connectivity index (χ1n) is 7.07. The molecular weight excluding hydrogens is 258 g/mol. The summed E-state index contributed by atoms with van der Waals surface area (Å²) in [5.41, 5.74) is 9.89. The van der Waals surface area contributed by atoms with Crippen molar-refractivity contribution in [2.24, 2.45) is 5.73 Å². The number of hydrogen-bond acceptors (Lipinski definition) is 2. The lowest BCUT2D eigenvalue weighted by molar-refractivity contribution is 0.415. The Morgan fingerprint density at radius 3 is 2.14 bits per heavy atom. The van der Waals surface area contributed by atoms with Crippen LogP contribution in [-0.4, -0.2) is 7.11 Å². The highest BCUT2D eigenvalue weighted by molar-refractivity contribution is 5.84. The molecule has 0 spiro atoms. The molecule has 0 bridgehead atoms. The van der Waals surface area contributed by atoms with E-state index < -0.39 is 0 Å². The summed E-state index contributed by atoms with van der Waals surface area (Å²) in [6.45, 7) is 2.08. The van der Waals surface area contributed by atoms with E-state index in [9.17, 15) is 0 Å². The van der Waals surface area contributed by atoms with Crippen LogP contribution in [0.2, 0.25) is 0 Å². The lowest BCUT2D eigenvalue weighted by atomic mass is 9.96. The van der Waals surface area contributed by atoms with E-state index in [1.165, 1.54) is 10.9 Å². The molecule has 0 heterocycles. The van der Waals surface area contributed by atoms with Crippen molar-refractivity contribution in [2.75, 3.05) is 7.11 Å². The third kappa shape index (κ3) is 2.76. The topological polar surface area (TPSA) is 35.2 Å². The minimum atomic E-state index is -0.0999. The van der Waals surface area contributed by atoms with Crippen LogP contribution < -0.4 is 10.5 Å². The lowest BCUT2D eigenvalue weighted by Gasteiger charge is -2.14. The van der Waals surface area contributed by atoms with Gasteiger partial charge < -0.3 is 10.5 Å². The van der Waals surface area contributed by atoms with Crippen LogP contribution in [0.25, 0.3) is 10.8 Å². The Morgan fingerprint density at radius 2 is 1.43 bits per heavy atom. The Kier molecular flexibility index (Phi) is 3.63. The minimum absolute atomic E-state index is 0.0999. The molecular formula is C19H19NO. The molecule has 3 aromatic carbocycles. The monoisotopic (exact) mass is 277 g/mol. The van der Waals surface area contributed by atoms with Crippen molar-refractivity contribution in [3.63, 3.8) is 0 Å². The summed E-state index contributed by atoms with van der Waals surface area (Å²) in [7, 11) is 1.68. The first kappa shape index (κ1) is 13.7. The van der Waals surface area contributed by atoms with Crippen LogP contribution >= 0.6 is 0 Å². The van der Waals surface area contributed by atoms with Gasteiger partial charge in [-0.3, -0.25) is 0 Å². The maximum atomic E-state index is 6.39. The van der Waals surface area contributed by atoms with E-state index in [1.54, 1.807) is 7.11 Å². The smallest absolute Gasteiger partial charge is 0.119 e. The van der Waals surface area contributed by atoms with Crippen LogP contribution in [0.4, 0.5) is 0 Å². The average Bonchev–Trinajstić information content (AvgIpc) is 2.54. The number of methoxy groups -OCH3 is 1. The third-order valence-electron chi connectivity index (χ3n) is 3.87. The Bertz CT molecular complexity index is 762. The summed E-state index contributed by atoms with van der Waals surface area (Å²) >= 11 is 0. The van der Waals surface area contributed by atoms with Gasteiger partial charge in [0.15, 0.2) is 0 Å². The molecule has 2 heteroatoms. The number of hydrogen-bond donors (Lipinski definition) is 1. The van der Waals surface area contributed by atoms with Gasteiger partial charge in [0.2, 0.25) is 0 Å². The number of fused-ring (bicyclic) bond motifs is 1. The van der Waals surface area contributed by atoms with E-state index in [0.29, 0.717) is 0 Å². The molecule has 0 aliphatic carbocycles. The lowest BCUT2D eigenvalue weighted by Crippen LogP contribution is -2.11. The molecule has 0 radical (unpaired) electrons. The molecule has 0 saturated carbocycles. The van der Waals surface area contributed by atoms with Gasteiger partial charge in [-0.15, -0.1) is 0 Å². The van der Waals surface area contributed by atoms with Gasteiger partial charge in [0.1, 0.15) is 5.75 Å². The minimum Gasteiger partial charge on any atom is -0.497 e. The molecule has 0 aliphatic heterocycles. The van der Waals surface area contributed by atoms with Gasteiger partial charge in [-0.25, -0.2) is 0 Å². The zero-order valence-electron chi connectivity index (χ0n) is 12.3. The molecule has 0 fully saturated rings. The zero-order chi connectivity index (χ0) is 14.8. The normalized spacial score (nSPS) is 12.3. The largest absolute Gasteiger partial charge is 0.497 e. The molecule has 2 N–H and O–H groups in total. The fraction of sp³-hybridized carbons (Fsp3) is 0.158. The van der Waals surface area contributed by atoms with Crippen LogP contribution in [0.5, 0.6) is 5.75 Å². The van der Waals surface area contributed by atoms with Crippen LogP contribution in [-0.2, 0) is 0 Å². The van der Waals surface area contributed by atoms with Gasteiger partial charge in [0.05, 0.1) is 13.2 Å². The van der Waals surface area contributed by atoms with Crippen molar-refractivity contribution in [3.8, 4) is 5.75 Å². The van der Waals surface area contributed by atoms with Crippen molar-refractivity contribution < 1.29 is 4.74 Å². The first-order chi connectivity index (χ1) is 10.2. The van der Waals surface area contributed by atoms with Crippen LogP contribution in [0, 0.1) is 6.92 Å². The van der Waals surface area contributed by atoms with Crippen molar-refractivity contribution in [2.45, 2.75) is 13.0 Å². The van der Waals surface area contributed by atoms with Crippen LogP contribution in [0.3, 0.4) is 0 Å². The highest BCUT2D eigenvalue weighted by Gasteiger charge is 2.09.